The molecular weight excluding hydrogens is 321 g/mol. The van der Waals surface area contributed by atoms with E-state index < -0.39 is 15.8 Å². The summed E-state index contributed by atoms with van der Waals surface area (Å²) >= 11 is 0. The third-order valence-corrected chi connectivity index (χ3v) is 4.45. The molecule has 8 heteroatoms. The number of aromatic amines is 1. The number of hydrogen-bond acceptors (Lipinski definition) is 4. The van der Waals surface area contributed by atoms with E-state index >= 15 is 0 Å². The summed E-state index contributed by atoms with van der Waals surface area (Å²) in [5.74, 6) is -0.914. The Labute approximate surface area is 131 Å². The number of fused-ring (bicyclic) bond motifs is 1. The van der Waals surface area contributed by atoms with E-state index in [1.165, 1.54) is 24.3 Å². The first-order valence-corrected chi connectivity index (χ1v) is 8.06. The number of H-pyrrole nitrogens is 1. The standard InChI is InChI=1S/C15H12FN3O3S/c1-9-2-5-11(6-3-9)23(21,22)19-18-14-12-8-10(16)4-7-13(12)17-15(14)20/h2-8,17,20H,1H3. The van der Waals surface area contributed by atoms with Crippen LogP contribution < -0.4 is 0 Å². The Bertz CT molecular complexity index is 1010. The highest BCUT2D eigenvalue weighted by atomic mass is 32.2. The van der Waals surface area contributed by atoms with Gasteiger partial charge in [0.1, 0.15) is 5.82 Å². The van der Waals surface area contributed by atoms with Gasteiger partial charge in [-0.3, -0.25) is 0 Å². The van der Waals surface area contributed by atoms with Crippen molar-refractivity contribution < 1.29 is 17.9 Å². The molecule has 0 fully saturated rings. The largest absolute Gasteiger partial charge is 0.493 e. The predicted molar refractivity (Wildman–Crippen MR) is 82.8 cm³/mol. The fourth-order valence-electron chi connectivity index (χ4n) is 2.09. The molecule has 0 bridgehead atoms. The van der Waals surface area contributed by atoms with Gasteiger partial charge in [0, 0.05) is 5.39 Å². The third kappa shape index (κ3) is 2.93. The predicted octanol–water partition coefficient (Wildman–Crippen LogP) is 3.79. The average molecular weight is 333 g/mol. The zero-order chi connectivity index (χ0) is 16.6. The molecule has 2 N–H and O–H groups in total. The molecule has 1 heterocycles. The van der Waals surface area contributed by atoms with Gasteiger partial charge in [-0.15, -0.1) is 5.11 Å². The molecule has 0 amide bonds. The van der Waals surface area contributed by atoms with Crippen LogP contribution in [0.3, 0.4) is 0 Å². The van der Waals surface area contributed by atoms with Crippen molar-refractivity contribution in [1.29, 1.82) is 0 Å². The topological polar surface area (TPSA) is 94.9 Å². The summed E-state index contributed by atoms with van der Waals surface area (Å²) in [5, 5.41) is 13.6. The second kappa shape index (κ2) is 5.47. The van der Waals surface area contributed by atoms with Crippen molar-refractivity contribution in [3.63, 3.8) is 0 Å². The van der Waals surface area contributed by atoms with Gasteiger partial charge in [-0.1, -0.05) is 22.2 Å². The molecular formula is C15H12FN3O3S. The fraction of sp³-hybridized carbons (Fsp3) is 0.0667. The second-order valence-electron chi connectivity index (χ2n) is 4.98. The van der Waals surface area contributed by atoms with Crippen LogP contribution in [0.15, 0.2) is 57.0 Å². The molecule has 0 aliphatic carbocycles. The van der Waals surface area contributed by atoms with Gasteiger partial charge in [-0.2, -0.15) is 8.42 Å². The fourth-order valence-corrected chi connectivity index (χ4v) is 2.85. The number of hydrogen-bond donors (Lipinski definition) is 2. The van der Waals surface area contributed by atoms with Crippen molar-refractivity contribution in [2.24, 2.45) is 9.63 Å². The molecule has 3 aromatic rings. The highest BCUT2D eigenvalue weighted by Crippen LogP contribution is 2.36. The van der Waals surface area contributed by atoms with Crippen LogP contribution in [0.4, 0.5) is 10.1 Å². The average Bonchev–Trinajstić information content (AvgIpc) is 2.80. The molecule has 0 atom stereocenters. The minimum atomic E-state index is -4.01. The van der Waals surface area contributed by atoms with Gasteiger partial charge in [-0.05, 0) is 37.3 Å². The molecule has 118 valence electrons. The lowest BCUT2D eigenvalue weighted by molar-refractivity contribution is 0.459. The summed E-state index contributed by atoms with van der Waals surface area (Å²) < 4.78 is 40.9. The van der Waals surface area contributed by atoms with Gasteiger partial charge in [-0.25, -0.2) is 4.39 Å². The Hall–Kier alpha value is -2.74. The minimum Gasteiger partial charge on any atom is -0.493 e. The number of sulfonamides is 1. The molecule has 0 saturated heterocycles. The van der Waals surface area contributed by atoms with Crippen LogP contribution in [-0.2, 0) is 10.0 Å². The maximum Gasteiger partial charge on any atom is 0.299 e. The number of aryl methyl sites for hydroxylation is 1. The number of aromatic nitrogens is 1. The first-order chi connectivity index (χ1) is 10.9. The van der Waals surface area contributed by atoms with Crippen LogP contribution in [0.1, 0.15) is 5.56 Å². The van der Waals surface area contributed by atoms with Crippen molar-refractivity contribution in [2.45, 2.75) is 11.8 Å². The molecule has 0 saturated carbocycles. The Morgan fingerprint density at radius 1 is 1.13 bits per heavy atom. The highest BCUT2D eigenvalue weighted by molar-refractivity contribution is 7.90. The van der Waals surface area contributed by atoms with E-state index in [-0.39, 0.29) is 21.8 Å². The van der Waals surface area contributed by atoms with Gasteiger partial charge in [0.2, 0.25) is 5.88 Å². The number of halogens is 1. The lowest BCUT2D eigenvalue weighted by Gasteiger charge is -1.98. The van der Waals surface area contributed by atoms with Crippen LogP contribution in [0.2, 0.25) is 0 Å². The SMILES string of the molecule is Cc1ccc(S(=O)(=O)N=Nc2c(O)[nH]c3ccc(F)cc23)cc1. The lowest BCUT2D eigenvalue weighted by Crippen LogP contribution is -1.95. The summed E-state index contributed by atoms with van der Waals surface area (Å²) in [6.45, 7) is 1.83. The quantitative estimate of drug-likeness (QED) is 0.714. The lowest BCUT2D eigenvalue weighted by atomic mass is 10.2. The molecule has 0 spiro atoms. The van der Waals surface area contributed by atoms with E-state index in [2.05, 4.69) is 14.6 Å². The summed E-state index contributed by atoms with van der Waals surface area (Å²) in [6, 6.07) is 9.87. The molecule has 0 aliphatic heterocycles. The first-order valence-electron chi connectivity index (χ1n) is 6.62. The van der Waals surface area contributed by atoms with Gasteiger partial charge >= 0.3 is 0 Å². The zero-order valence-corrected chi connectivity index (χ0v) is 12.8. The molecule has 0 radical (unpaired) electrons. The molecule has 3 rings (SSSR count). The van der Waals surface area contributed by atoms with Gasteiger partial charge < -0.3 is 10.1 Å². The summed E-state index contributed by atoms with van der Waals surface area (Å²) in [7, 11) is -4.01. The number of nitrogens with one attached hydrogen (secondary N) is 1. The number of benzene rings is 2. The van der Waals surface area contributed by atoms with E-state index in [1.807, 2.05) is 6.92 Å². The van der Waals surface area contributed by atoms with E-state index in [9.17, 15) is 17.9 Å². The summed E-state index contributed by atoms with van der Waals surface area (Å²) in [4.78, 5) is 2.56. The molecule has 1 aromatic heterocycles. The van der Waals surface area contributed by atoms with E-state index in [0.717, 1.165) is 11.6 Å². The maximum atomic E-state index is 13.3. The monoisotopic (exact) mass is 333 g/mol. The Balaban J connectivity index is 2.04. The van der Waals surface area contributed by atoms with Crippen molar-refractivity contribution in [3.05, 3.63) is 53.8 Å². The smallest absolute Gasteiger partial charge is 0.299 e. The van der Waals surface area contributed by atoms with Crippen LogP contribution in [-0.4, -0.2) is 18.5 Å². The van der Waals surface area contributed by atoms with E-state index in [0.29, 0.717) is 5.52 Å². The van der Waals surface area contributed by atoms with Gasteiger partial charge in [0.25, 0.3) is 10.0 Å². The Morgan fingerprint density at radius 2 is 1.83 bits per heavy atom. The molecule has 6 nitrogen and oxygen atoms in total. The van der Waals surface area contributed by atoms with Crippen LogP contribution >= 0.6 is 0 Å². The zero-order valence-electron chi connectivity index (χ0n) is 12.0. The minimum absolute atomic E-state index is 0.0163. The summed E-state index contributed by atoms with van der Waals surface area (Å²) in [6.07, 6.45) is 0. The van der Waals surface area contributed by atoms with Crippen molar-refractivity contribution >= 4 is 26.6 Å². The number of nitrogens with zero attached hydrogens (tertiary/aromatic N) is 2. The van der Waals surface area contributed by atoms with E-state index in [1.54, 1.807) is 12.1 Å². The van der Waals surface area contributed by atoms with Crippen molar-refractivity contribution in [1.82, 2.24) is 4.98 Å². The Kier molecular flexibility index (Phi) is 3.61. The molecule has 0 unspecified atom stereocenters. The normalized spacial score (nSPS) is 12.3. The molecule has 0 aliphatic rings. The number of rotatable bonds is 3. The van der Waals surface area contributed by atoms with Gasteiger partial charge in [0.15, 0.2) is 5.69 Å². The molecule has 23 heavy (non-hydrogen) atoms. The maximum absolute atomic E-state index is 13.3. The van der Waals surface area contributed by atoms with Crippen LogP contribution in [0, 0.1) is 12.7 Å². The summed E-state index contributed by atoms with van der Waals surface area (Å²) in [5.41, 5.74) is 1.20. The third-order valence-electron chi connectivity index (χ3n) is 3.28. The van der Waals surface area contributed by atoms with Gasteiger partial charge in [0.05, 0.1) is 10.4 Å². The van der Waals surface area contributed by atoms with Crippen molar-refractivity contribution in [3.8, 4) is 5.88 Å². The first kappa shape index (κ1) is 15.2. The number of aromatic hydroxyl groups is 1. The molecule has 2 aromatic carbocycles. The van der Waals surface area contributed by atoms with Crippen molar-refractivity contribution in [2.75, 3.05) is 0 Å². The van der Waals surface area contributed by atoms with E-state index in [4.69, 9.17) is 0 Å². The second-order valence-corrected chi connectivity index (χ2v) is 6.57. The highest BCUT2D eigenvalue weighted by Gasteiger charge is 2.15. The van der Waals surface area contributed by atoms with Crippen LogP contribution in [0.25, 0.3) is 10.9 Å². The Morgan fingerprint density at radius 3 is 2.52 bits per heavy atom. The van der Waals surface area contributed by atoms with Crippen LogP contribution in [0.5, 0.6) is 5.88 Å².